The van der Waals surface area contributed by atoms with Gasteiger partial charge < -0.3 is 9.47 Å². The summed E-state index contributed by atoms with van der Waals surface area (Å²) in [5, 5.41) is 3.87. The van der Waals surface area contributed by atoms with Gasteiger partial charge >= 0.3 is 5.97 Å². The largest absolute Gasteiger partial charge is 0.497 e. The fourth-order valence-corrected chi connectivity index (χ4v) is 2.44. The van der Waals surface area contributed by atoms with Crippen molar-refractivity contribution in [3.8, 4) is 5.75 Å². The molecule has 0 saturated carbocycles. The predicted molar refractivity (Wildman–Crippen MR) is 81.8 cm³/mol. The second kappa shape index (κ2) is 6.91. The van der Waals surface area contributed by atoms with E-state index in [1.165, 1.54) is 0 Å². The van der Waals surface area contributed by atoms with Gasteiger partial charge in [-0.3, -0.25) is 0 Å². The molecule has 0 spiro atoms. The van der Waals surface area contributed by atoms with Gasteiger partial charge in [0.25, 0.3) is 0 Å². The van der Waals surface area contributed by atoms with E-state index in [0.29, 0.717) is 12.2 Å². The van der Waals surface area contributed by atoms with E-state index in [0.717, 1.165) is 16.9 Å². The number of methoxy groups -OCH3 is 1. The first-order valence-corrected chi connectivity index (χ1v) is 7.24. The minimum atomic E-state index is -0.311. The Morgan fingerprint density at radius 1 is 1.35 bits per heavy atom. The normalized spacial score (nSPS) is 11.2. The molecule has 4 heteroatoms. The summed E-state index contributed by atoms with van der Waals surface area (Å²) in [5.41, 5.74) is 2.33. The third-order valence-electron chi connectivity index (χ3n) is 2.73. The molecule has 1 aromatic heterocycles. The summed E-state index contributed by atoms with van der Waals surface area (Å²) in [6, 6.07) is 9.47. The lowest BCUT2D eigenvalue weighted by Crippen LogP contribution is -2.06. The van der Waals surface area contributed by atoms with Gasteiger partial charge in [0.15, 0.2) is 0 Å². The molecule has 2 rings (SSSR count). The Morgan fingerprint density at radius 3 is 2.85 bits per heavy atom. The van der Waals surface area contributed by atoms with Crippen LogP contribution < -0.4 is 4.74 Å². The third-order valence-corrected chi connectivity index (χ3v) is 3.42. The fourth-order valence-electron chi connectivity index (χ4n) is 1.78. The number of carbonyl (C=O) groups is 1. The first-order valence-electron chi connectivity index (χ1n) is 6.30. The van der Waals surface area contributed by atoms with Gasteiger partial charge in [0.05, 0.1) is 19.3 Å². The average Bonchev–Trinajstić information content (AvgIpc) is 2.99. The maximum atomic E-state index is 12.1. The van der Waals surface area contributed by atoms with Gasteiger partial charge in [-0.15, -0.1) is 0 Å². The number of hydrogen-bond donors (Lipinski definition) is 0. The quantitative estimate of drug-likeness (QED) is 0.619. The molecular formula is C16H16O3S. The van der Waals surface area contributed by atoms with E-state index >= 15 is 0 Å². The molecule has 0 aliphatic heterocycles. The molecule has 1 heterocycles. The van der Waals surface area contributed by atoms with Crippen molar-refractivity contribution in [2.75, 3.05) is 13.7 Å². The smallest absolute Gasteiger partial charge is 0.338 e. The van der Waals surface area contributed by atoms with E-state index in [4.69, 9.17) is 9.47 Å². The summed E-state index contributed by atoms with van der Waals surface area (Å²) in [6.07, 6.45) is 1.82. The van der Waals surface area contributed by atoms with Crippen LogP contribution in [-0.2, 0) is 9.53 Å². The molecule has 0 radical (unpaired) electrons. The summed E-state index contributed by atoms with van der Waals surface area (Å²) >= 11 is 1.55. The van der Waals surface area contributed by atoms with E-state index in [2.05, 4.69) is 0 Å². The van der Waals surface area contributed by atoms with Crippen LogP contribution in [0.4, 0.5) is 0 Å². The van der Waals surface area contributed by atoms with Gasteiger partial charge in [0.2, 0.25) is 0 Å². The molecule has 0 aliphatic rings. The number of rotatable bonds is 5. The highest BCUT2D eigenvalue weighted by molar-refractivity contribution is 7.08. The van der Waals surface area contributed by atoms with Gasteiger partial charge in [0, 0.05) is 0 Å². The van der Waals surface area contributed by atoms with Crippen LogP contribution in [0.5, 0.6) is 5.75 Å². The second-order valence-corrected chi connectivity index (χ2v) is 4.85. The lowest BCUT2D eigenvalue weighted by molar-refractivity contribution is -0.136. The third kappa shape index (κ3) is 3.48. The molecular weight excluding hydrogens is 272 g/mol. The average molecular weight is 288 g/mol. The first kappa shape index (κ1) is 14.3. The fraction of sp³-hybridized carbons (Fsp3) is 0.188. The van der Waals surface area contributed by atoms with Gasteiger partial charge in [-0.2, -0.15) is 11.3 Å². The van der Waals surface area contributed by atoms with Crippen molar-refractivity contribution in [1.82, 2.24) is 0 Å². The highest BCUT2D eigenvalue weighted by Crippen LogP contribution is 2.23. The topological polar surface area (TPSA) is 35.5 Å². The molecule has 0 amide bonds. The van der Waals surface area contributed by atoms with E-state index in [-0.39, 0.29) is 5.97 Å². The number of esters is 1. The summed E-state index contributed by atoms with van der Waals surface area (Å²) in [7, 11) is 1.62. The summed E-state index contributed by atoms with van der Waals surface area (Å²) in [6.45, 7) is 2.16. The highest BCUT2D eigenvalue weighted by Gasteiger charge is 2.13. The van der Waals surface area contributed by atoms with Crippen LogP contribution in [0.25, 0.3) is 11.6 Å². The molecule has 3 nitrogen and oxygen atoms in total. The van der Waals surface area contributed by atoms with Crippen molar-refractivity contribution in [1.29, 1.82) is 0 Å². The van der Waals surface area contributed by atoms with E-state index < -0.39 is 0 Å². The molecule has 20 heavy (non-hydrogen) atoms. The van der Waals surface area contributed by atoms with E-state index in [9.17, 15) is 4.79 Å². The van der Waals surface area contributed by atoms with Gasteiger partial charge in [-0.1, -0.05) is 12.1 Å². The minimum absolute atomic E-state index is 0.311. The van der Waals surface area contributed by atoms with Crippen molar-refractivity contribution < 1.29 is 14.3 Å². The Hall–Kier alpha value is -2.07. The Bertz CT molecular complexity index is 600. The van der Waals surface area contributed by atoms with Crippen LogP contribution in [0.2, 0.25) is 0 Å². The standard InChI is InChI=1S/C16H16O3S/c1-3-19-16(17)15(13-7-8-20-11-13)10-12-5-4-6-14(9-12)18-2/h4-11H,3H2,1-2H3/b15-10+. The molecule has 0 fully saturated rings. The zero-order valence-corrected chi connectivity index (χ0v) is 12.3. The Balaban J connectivity index is 2.39. The first-order chi connectivity index (χ1) is 9.74. The van der Waals surface area contributed by atoms with Crippen LogP contribution in [-0.4, -0.2) is 19.7 Å². The maximum absolute atomic E-state index is 12.1. The molecule has 2 aromatic rings. The molecule has 1 aromatic carbocycles. The van der Waals surface area contributed by atoms with Crippen molar-refractivity contribution in [2.24, 2.45) is 0 Å². The molecule has 104 valence electrons. The Morgan fingerprint density at radius 2 is 2.20 bits per heavy atom. The predicted octanol–water partition coefficient (Wildman–Crippen LogP) is 3.86. The van der Waals surface area contributed by atoms with Crippen LogP contribution in [0.3, 0.4) is 0 Å². The van der Waals surface area contributed by atoms with Crippen LogP contribution in [0.15, 0.2) is 41.1 Å². The zero-order chi connectivity index (χ0) is 14.4. The van der Waals surface area contributed by atoms with Gasteiger partial charge in [-0.25, -0.2) is 4.79 Å². The SMILES string of the molecule is CCOC(=O)/C(=C/c1cccc(OC)c1)c1ccsc1. The lowest BCUT2D eigenvalue weighted by atomic mass is 10.1. The minimum Gasteiger partial charge on any atom is -0.497 e. The number of carbonyl (C=O) groups excluding carboxylic acids is 1. The number of benzene rings is 1. The summed E-state index contributed by atoms with van der Waals surface area (Å²) in [4.78, 5) is 12.1. The number of ether oxygens (including phenoxy) is 2. The molecule has 0 bridgehead atoms. The zero-order valence-electron chi connectivity index (χ0n) is 11.5. The monoisotopic (exact) mass is 288 g/mol. The molecule has 0 aliphatic carbocycles. The number of thiophene rings is 1. The second-order valence-electron chi connectivity index (χ2n) is 4.07. The molecule has 0 saturated heterocycles. The van der Waals surface area contributed by atoms with Crippen LogP contribution in [0, 0.1) is 0 Å². The van der Waals surface area contributed by atoms with Crippen molar-refractivity contribution in [2.45, 2.75) is 6.92 Å². The van der Waals surface area contributed by atoms with Crippen molar-refractivity contribution in [3.05, 3.63) is 52.2 Å². The Kier molecular flexibility index (Phi) is 4.96. The van der Waals surface area contributed by atoms with E-state index in [1.54, 1.807) is 25.4 Å². The summed E-state index contributed by atoms with van der Waals surface area (Å²) in [5.74, 6) is 0.445. The maximum Gasteiger partial charge on any atom is 0.338 e. The van der Waals surface area contributed by atoms with Gasteiger partial charge in [-0.05, 0) is 53.1 Å². The van der Waals surface area contributed by atoms with E-state index in [1.807, 2.05) is 47.2 Å². The highest BCUT2D eigenvalue weighted by atomic mass is 32.1. The van der Waals surface area contributed by atoms with Gasteiger partial charge in [0.1, 0.15) is 5.75 Å². The Labute approximate surface area is 122 Å². The molecule has 0 N–H and O–H groups in total. The number of hydrogen-bond acceptors (Lipinski definition) is 4. The van der Waals surface area contributed by atoms with Crippen LogP contribution >= 0.6 is 11.3 Å². The summed E-state index contributed by atoms with van der Waals surface area (Å²) < 4.78 is 10.3. The van der Waals surface area contributed by atoms with Crippen LogP contribution in [0.1, 0.15) is 18.1 Å². The van der Waals surface area contributed by atoms with Crippen molar-refractivity contribution >= 4 is 29.0 Å². The van der Waals surface area contributed by atoms with Crippen molar-refractivity contribution in [3.63, 3.8) is 0 Å². The molecule has 0 unspecified atom stereocenters. The lowest BCUT2D eigenvalue weighted by Gasteiger charge is -2.06. The molecule has 0 atom stereocenters.